The summed E-state index contributed by atoms with van der Waals surface area (Å²) in [4.78, 5) is 0. The molecular formula is C13H23N5. The molecule has 0 amide bonds. The highest BCUT2D eigenvalue weighted by molar-refractivity contribution is 5.34. The zero-order valence-corrected chi connectivity index (χ0v) is 10.9. The van der Waals surface area contributed by atoms with Crippen molar-refractivity contribution in [2.75, 3.05) is 25.0 Å². The van der Waals surface area contributed by atoms with Crippen LogP contribution in [0.15, 0.2) is 12.3 Å². The zero-order chi connectivity index (χ0) is 12.4. The van der Waals surface area contributed by atoms with Crippen LogP contribution in [-0.2, 0) is 0 Å². The first-order valence-electron chi connectivity index (χ1n) is 7.04. The summed E-state index contributed by atoms with van der Waals surface area (Å²) in [6, 6.07) is 2.57. The van der Waals surface area contributed by atoms with Crippen molar-refractivity contribution in [3.8, 4) is 0 Å². The largest absolute Gasteiger partial charge is 0.370 e. The summed E-state index contributed by atoms with van der Waals surface area (Å²) in [5.74, 6) is 1.13. The molecule has 1 aliphatic carbocycles. The van der Waals surface area contributed by atoms with Crippen molar-refractivity contribution >= 4 is 5.82 Å². The van der Waals surface area contributed by atoms with Gasteiger partial charge in [-0.2, -0.15) is 5.10 Å². The Morgan fingerprint density at radius 1 is 1.44 bits per heavy atom. The van der Waals surface area contributed by atoms with Gasteiger partial charge < -0.3 is 16.4 Å². The molecular weight excluding hydrogens is 226 g/mol. The van der Waals surface area contributed by atoms with E-state index in [1.807, 2.05) is 6.20 Å². The number of anilines is 1. The van der Waals surface area contributed by atoms with E-state index in [9.17, 15) is 0 Å². The molecule has 1 aliphatic heterocycles. The summed E-state index contributed by atoms with van der Waals surface area (Å²) in [6.07, 6.45) is 7.88. The fraction of sp³-hybridized carbons (Fsp3) is 0.769. The molecule has 1 aromatic rings. The van der Waals surface area contributed by atoms with Gasteiger partial charge in [-0.25, -0.2) is 4.68 Å². The molecule has 2 aliphatic rings. The first kappa shape index (κ1) is 12.0. The second-order valence-electron chi connectivity index (χ2n) is 5.72. The SMILES string of the molecule is NC1(CCNc2ccnn2C2CNC2)CCCC1. The Hall–Kier alpha value is -1.07. The molecule has 4 N–H and O–H groups in total. The standard InChI is InChI=1S/C13H23N5/c14-13(4-1-2-5-13)6-8-16-12-3-7-17-18(12)11-9-15-10-11/h3,7,11,15-16H,1-2,4-6,8-10,14H2. The van der Waals surface area contributed by atoms with E-state index >= 15 is 0 Å². The summed E-state index contributed by atoms with van der Waals surface area (Å²) in [6.45, 7) is 3.00. The molecule has 1 aromatic heterocycles. The van der Waals surface area contributed by atoms with Gasteiger partial charge in [-0.15, -0.1) is 0 Å². The van der Waals surface area contributed by atoms with Crippen molar-refractivity contribution < 1.29 is 0 Å². The molecule has 18 heavy (non-hydrogen) atoms. The van der Waals surface area contributed by atoms with Crippen LogP contribution in [0.4, 0.5) is 5.82 Å². The Morgan fingerprint density at radius 3 is 2.89 bits per heavy atom. The number of rotatable bonds is 5. The van der Waals surface area contributed by atoms with Gasteiger partial charge in [0.1, 0.15) is 5.82 Å². The highest BCUT2D eigenvalue weighted by atomic mass is 15.4. The predicted molar refractivity (Wildman–Crippen MR) is 72.6 cm³/mol. The highest BCUT2D eigenvalue weighted by Gasteiger charge is 2.28. The highest BCUT2D eigenvalue weighted by Crippen LogP contribution is 2.30. The molecule has 100 valence electrons. The van der Waals surface area contributed by atoms with Crippen LogP contribution in [0.5, 0.6) is 0 Å². The van der Waals surface area contributed by atoms with Crippen molar-refractivity contribution in [2.45, 2.75) is 43.7 Å². The second-order valence-corrected chi connectivity index (χ2v) is 5.72. The molecule has 0 aromatic carbocycles. The molecule has 0 spiro atoms. The lowest BCUT2D eigenvalue weighted by Crippen LogP contribution is -2.44. The van der Waals surface area contributed by atoms with E-state index in [1.165, 1.54) is 25.7 Å². The van der Waals surface area contributed by atoms with Crippen LogP contribution in [0.1, 0.15) is 38.1 Å². The molecule has 0 unspecified atom stereocenters. The molecule has 0 bridgehead atoms. The van der Waals surface area contributed by atoms with Crippen LogP contribution < -0.4 is 16.4 Å². The first-order chi connectivity index (χ1) is 8.77. The van der Waals surface area contributed by atoms with Gasteiger partial charge >= 0.3 is 0 Å². The van der Waals surface area contributed by atoms with Crippen LogP contribution in [0.25, 0.3) is 0 Å². The minimum Gasteiger partial charge on any atom is -0.370 e. The minimum absolute atomic E-state index is 0.0792. The van der Waals surface area contributed by atoms with E-state index in [0.29, 0.717) is 6.04 Å². The molecule has 0 atom stereocenters. The van der Waals surface area contributed by atoms with Crippen LogP contribution in [-0.4, -0.2) is 35.0 Å². The molecule has 3 rings (SSSR count). The van der Waals surface area contributed by atoms with E-state index < -0.39 is 0 Å². The Morgan fingerprint density at radius 2 is 2.22 bits per heavy atom. The first-order valence-corrected chi connectivity index (χ1v) is 7.04. The molecule has 5 heteroatoms. The van der Waals surface area contributed by atoms with Gasteiger partial charge in [0.2, 0.25) is 0 Å². The summed E-state index contributed by atoms with van der Waals surface area (Å²) >= 11 is 0. The van der Waals surface area contributed by atoms with Gasteiger partial charge in [-0.1, -0.05) is 12.8 Å². The lowest BCUT2D eigenvalue weighted by molar-refractivity contribution is 0.321. The fourth-order valence-corrected chi connectivity index (χ4v) is 2.96. The molecule has 0 radical (unpaired) electrons. The van der Waals surface area contributed by atoms with Gasteiger partial charge in [-0.3, -0.25) is 0 Å². The maximum absolute atomic E-state index is 6.36. The third-order valence-corrected chi connectivity index (χ3v) is 4.30. The van der Waals surface area contributed by atoms with Crippen LogP contribution in [0.2, 0.25) is 0 Å². The van der Waals surface area contributed by atoms with Gasteiger partial charge in [-0.05, 0) is 19.3 Å². The predicted octanol–water partition coefficient (Wildman–Crippen LogP) is 1.10. The topological polar surface area (TPSA) is 67.9 Å². The maximum Gasteiger partial charge on any atom is 0.124 e. The number of nitrogens with one attached hydrogen (secondary N) is 2. The average Bonchev–Trinajstić information content (AvgIpc) is 2.87. The zero-order valence-electron chi connectivity index (χ0n) is 10.9. The number of nitrogens with two attached hydrogens (primary N) is 1. The fourth-order valence-electron chi connectivity index (χ4n) is 2.96. The smallest absolute Gasteiger partial charge is 0.124 e. The van der Waals surface area contributed by atoms with Crippen molar-refractivity contribution in [3.63, 3.8) is 0 Å². The van der Waals surface area contributed by atoms with Crippen molar-refractivity contribution in [2.24, 2.45) is 5.73 Å². The van der Waals surface area contributed by atoms with E-state index in [-0.39, 0.29) is 5.54 Å². The summed E-state index contributed by atoms with van der Waals surface area (Å²) in [5, 5.41) is 11.2. The maximum atomic E-state index is 6.36. The number of aromatic nitrogens is 2. The monoisotopic (exact) mass is 249 g/mol. The Balaban J connectivity index is 1.52. The molecule has 1 saturated carbocycles. The lowest BCUT2D eigenvalue weighted by Gasteiger charge is -2.29. The summed E-state index contributed by atoms with van der Waals surface area (Å²) in [7, 11) is 0. The van der Waals surface area contributed by atoms with Gasteiger partial charge in [0.25, 0.3) is 0 Å². The average molecular weight is 249 g/mol. The van der Waals surface area contributed by atoms with E-state index in [4.69, 9.17) is 5.73 Å². The number of hydrogen-bond donors (Lipinski definition) is 3. The molecule has 2 heterocycles. The molecule has 2 fully saturated rings. The minimum atomic E-state index is 0.0792. The van der Waals surface area contributed by atoms with Gasteiger partial charge in [0, 0.05) is 31.2 Å². The normalized spacial score (nSPS) is 22.9. The number of hydrogen-bond acceptors (Lipinski definition) is 4. The third-order valence-electron chi connectivity index (χ3n) is 4.30. The second kappa shape index (κ2) is 4.90. The Bertz CT molecular complexity index is 390. The van der Waals surface area contributed by atoms with E-state index in [2.05, 4.69) is 26.5 Å². The van der Waals surface area contributed by atoms with Gasteiger partial charge in [0.15, 0.2) is 0 Å². The quantitative estimate of drug-likeness (QED) is 0.731. The van der Waals surface area contributed by atoms with Crippen LogP contribution >= 0.6 is 0 Å². The van der Waals surface area contributed by atoms with Crippen molar-refractivity contribution in [1.29, 1.82) is 0 Å². The lowest BCUT2D eigenvalue weighted by atomic mass is 9.95. The van der Waals surface area contributed by atoms with E-state index in [1.54, 1.807) is 0 Å². The van der Waals surface area contributed by atoms with E-state index in [0.717, 1.165) is 31.9 Å². The molecule has 5 nitrogen and oxygen atoms in total. The van der Waals surface area contributed by atoms with Crippen LogP contribution in [0.3, 0.4) is 0 Å². The van der Waals surface area contributed by atoms with Gasteiger partial charge in [0.05, 0.1) is 12.2 Å². The molecule has 1 saturated heterocycles. The third kappa shape index (κ3) is 2.37. The number of nitrogens with zero attached hydrogens (tertiary/aromatic N) is 2. The summed E-state index contributed by atoms with van der Waals surface area (Å²) < 4.78 is 2.09. The van der Waals surface area contributed by atoms with Crippen LogP contribution in [0, 0.1) is 0 Å². The Labute approximate surface area is 108 Å². The van der Waals surface area contributed by atoms with Crippen molar-refractivity contribution in [3.05, 3.63) is 12.3 Å². The van der Waals surface area contributed by atoms with Crippen molar-refractivity contribution in [1.82, 2.24) is 15.1 Å². The summed E-state index contributed by atoms with van der Waals surface area (Å²) in [5.41, 5.74) is 6.44. The Kier molecular flexibility index (Phi) is 3.26.